The Bertz CT molecular complexity index is 1510. The number of sulfonamides is 1. The van der Waals surface area contributed by atoms with Crippen LogP contribution >= 0.6 is 0 Å². The average molecular weight is 439 g/mol. The summed E-state index contributed by atoms with van der Waals surface area (Å²) in [5.41, 5.74) is 5.33. The van der Waals surface area contributed by atoms with Gasteiger partial charge < -0.3 is 0 Å². The van der Waals surface area contributed by atoms with Crippen LogP contribution in [-0.2, 0) is 10.0 Å². The molecule has 0 aliphatic heterocycles. The Hall–Kier alpha value is -4.10. The predicted octanol–water partition coefficient (Wildman–Crippen LogP) is 5.16. The highest BCUT2D eigenvalue weighted by atomic mass is 32.2. The average Bonchev–Trinajstić information content (AvgIpc) is 2.84. The third-order valence-electron chi connectivity index (χ3n) is 4.99. The van der Waals surface area contributed by atoms with Gasteiger partial charge >= 0.3 is 0 Å². The zero-order valence-electron chi connectivity index (χ0n) is 16.9. The summed E-state index contributed by atoms with van der Waals surface area (Å²) in [6.45, 7) is 0. The molecule has 6 nitrogen and oxygen atoms in total. The maximum atomic E-state index is 12.6. The number of hydrogen-bond acceptors (Lipinski definition) is 5. The van der Waals surface area contributed by atoms with Crippen LogP contribution in [0.2, 0.25) is 0 Å². The minimum absolute atomic E-state index is 0.194. The Morgan fingerprint density at radius 1 is 0.656 bits per heavy atom. The molecule has 32 heavy (non-hydrogen) atoms. The molecule has 2 aromatic heterocycles. The number of aromatic nitrogens is 3. The van der Waals surface area contributed by atoms with Crippen LogP contribution in [0.3, 0.4) is 0 Å². The number of anilines is 1. The smallest absolute Gasteiger partial charge is 0.261 e. The van der Waals surface area contributed by atoms with E-state index in [1.54, 1.807) is 48.8 Å². The molecule has 7 heteroatoms. The summed E-state index contributed by atoms with van der Waals surface area (Å²) in [4.78, 5) is 13.7. The van der Waals surface area contributed by atoms with Crippen molar-refractivity contribution in [3.63, 3.8) is 0 Å². The Labute approximate surface area is 185 Å². The third-order valence-corrected chi connectivity index (χ3v) is 6.39. The zero-order chi connectivity index (χ0) is 22.0. The Morgan fingerprint density at radius 3 is 2.19 bits per heavy atom. The van der Waals surface area contributed by atoms with Crippen LogP contribution in [0.25, 0.3) is 33.4 Å². The van der Waals surface area contributed by atoms with Crippen molar-refractivity contribution < 1.29 is 8.42 Å². The molecule has 0 atom stereocenters. The normalized spacial score (nSPS) is 11.4. The van der Waals surface area contributed by atoms with Crippen LogP contribution in [0, 0.1) is 0 Å². The molecular formula is C25H18N4O2S. The second kappa shape index (κ2) is 8.20. The molecule has 0 amide bonds. The molecule has 0 saturated heterocycles. The van der Waals surface area contributed by atoms with Gasteiger partial charge in [0.05, 0.1) is 39.7 Å². The van der Waals surface area contributed by atoms with Gasteiger partial charge in [-0.15, -0.1) is 0 Å². The number of nitrogens with one attached hydrogen (secondary N) is 1. The maximum absolute atomic E-state index is 12.6. The molecule has 5 rings (SSSR count). The van der Waals surface area contributed by atoms with Crippen molar-refractivity contribution in [2.75, 3.05) is 4.72 Å². The number of pyridine rings is 1. The third kappa shape index (κ3) is 4.06. The number of benzene rings is 3. The molecule has 156 valence electrons. The standard InChI is InChI=1S/C25H18N4O2S/c30-32(31,22-9-5-2-6-10-22)29-21-13-20(15-26-16-21)19-11-12-23-24(14-19)28-25(17-27-23)18-7-3-1-4-8-18/h1-17,29H. The number of hydrogen-bond donors (Lipinski definition) is 1. The van der Waals surface area contributed by atoms with Crippen molar-refractivity contribution in [2.24, 2.45) is 0 Å². The van der Waals surface area contributed by atoms with Gasteiger partial charge in [0.2, 0.25) is 0 Å². The summed E-state index contributed by atoms with van der Waals surface area (Å²) in [5.74, 6) is 0. The Kier molecular flexibility index (Phi) is 5.09. The van der Waals surface area contributed by atoms with Gasteiger partial charge in [-0.1, -0.05) is 54.6 Å². The zero-order valence-corrected chi connectivity index (χ0v) is 17.7. The van der Waals surface area contributed by atoms with Crippen LogP contribution in [0.4, 0.5) is 5.69 Å². The van der Waals surface area contributed by atoms with Crippen LogP contribution < -0.4 is 4.72 Å². The summed E-state index contributed by atoms with van der Waals surface area (Å²) >= 11 is 0. The van der Waals surface area contributed by atoms with Gasteiger partial charge in [-0.25, -0.2) is 13.4 Å². The lowest BCUT2D eigenvalue weighted by Crippen LogP contribution is -2.12. The molecule has 0 radical (unpaired) electrons. The van der Waals surface area contributed by atoms with E-state index in [1.807, 2.05) is 48.5 Å². The minimum Gasteiger partial charge on any atom is -0.278 e. The Balaban J connectivity index is 1.49. The van der Waals surface area contributed by atoms with Gasteiger partial charge in [0.1, 0.15) is 0 Å². The summed E-state index contributed by atoms with van der Waals surface area (Å²) in [5, 5.41) is 0. The lowest BCUT2D eigenvalue weighted by atomic mass is 10.1. The highest BCUT2D eigenvalue weighted by Gasteiger charge is 2.14. The molecule has 0 aliphatic carbocycles. The SMILES string of the molecule is O=S(=O)(Nc1cncc(-c2ccc3ncc(-c4ccccc4)nc3c2)c1)c1ccccc1. The van der Waals surface area contributed by atoms with E-state index in [-0.39, 0.29) is 4.90 Å². The second-order valence-electron chi connectivity index (χ2n) is 7.21. The molecule has 0 saturated carbocycles. The molecule has 0 unspecified atom stereocenters. The maximum Gasteiger partial charge on any atom is 0.261 e. The fourth-order valence-electron chi connectivity index (χ4n) is 3.41. The summed E-state index contributed by atoms with van der Waals surface area (Å²) in [6, 6.07) is 25.6. The molecule has 5 aromatic rings. The number of fused-ring (bicyclic) bond motifs is 1. The van der Waals surface area contributed by atoms with E-state index in [1.165, 1.54) is 6.20 Å². The summed E-state index contributed by atoms with van der Waals surface area (Å²) in [7, 11) is -3.70. The van der Waals surface area contributed by atoms with Crippen molar-refractivity contribution in [3.8, 4) is 22.4 Å². The highest BCUT2D eigenvalue weighted by molar-refractivity contribution is 7.92. The van der Waals surface area contributed by atoms with Crippen LogP contribution in [-0.4, -0.2) is 23.4 Å². The van der Waals surface area contributed by atoms with Gasteiger partial charge in [-0.3, -0.25) is 14.7 Å². The number of rotatable bonds is 5. The van der Waals surface area contributed by atoms with Crippen molar-refractivity contribution in [3.05, 3.63) is 104 Å². The quantitative estimate of drug-likeness (QED) is 0.410. The van der Waals surface area contributed by atoms with Gasteiger partial charge in [-0.05, 0) is 35.9 Å². The van der Waals surface area contributed by atoms with Gasteiger partial charge in [0, 0.05) is 17.3 Å². The lowest BCUT2D eigenvalue weighted by Gasteiger charge is -2.10. The van der Waals surface area contributed by atoms with E-state index >= 15 is 0 Å². The Morgan fingerprint density at radius 2 is 1.41 bits per heavy atom. The van der Waals surface area contributed by atoms with Crippen molar-refractivity contribution in [1.82, 2.24) is 15.0 Å². The van der Waals surface area contributed by atoms with E-state index in [0.717, 1.165) is 33.4 Å². The molecule has 0 bridgehead atoms. The first-order chi connectivity index (χ1) is 15.6. The highest BCUT2D eigenvalue weighted by Crippen LogP contribution is 2.27. The fraction of sp³-hybridized carbons (Fsp3) is 0. The van der Waals surface area contributed by atoms with Crippen LogP contribution in [0.1, 0.15) is 0 Å². The fourth-order valence-corrected chi connectivity index (χ4v) is 4.46. The number of nitrogens with zero attached hydrogens (tertiary/aromatic N) is 3. The van der Waals surface area contributed by atoms with Crippen molar-refractivity contribution >= 4 is 26.7 Å². The van der Waals surface area contributed by atoms with E-state index in [0.29, 0.717) is 5.69 Å². The second-order valence-corrected chi connectivity index (χ2v) is 8.89. The molecule has 2 heterocycles. The minimum atomic E-state index is -3.70. The first-order valence-electron chi connectivity index (χ1n) is 9.94. The topological polar surface area (TPSA) is 84.8 Å². The lowest BCUT2D eigenvalue weighted by molar-refractivity contribution is 0.601. The van der Waals surface area contributed by atoms with E-state index in [4.69, 9.17) is 4.98 Å². The molecule has 1 N–H and O–H groups in total. The van der Waals surface area contributed by atoms with Crippen LogP contribution in [0.15, 0.2) is 108 Å². The molecule has 3 aromatic carbocycles. The first kappa shape index (κ1) is 19.8. The molecule has 0 fully saturated rings. The summed E-state index contributed by atoms with van der Waals surface area (Å²) < 4.78 is 27.9. The molecular weight excluding hydrogens is 420 g/mol. The van der Waals surface area contributed by atoms with E-state index < -0.39 is 10.0 Å². The van der Waals surface area contributed by atoms with E-state index in [2.05, 4.69) is 14.7 Å². The predicted molar refractivity (Wildman–Crippen MR) is 125 cm³/mol. The van der Waals surface area contributed by atoms with Gasteiger partial charge in [-0.2, -0.15) is 0 Å². The van der Waals surface area contributed by atoms with Crippen LogP contribution in [0.5, 0.6) is 0 Å². The largest absolute Gasteiger partial charge is 0.278 e. The molecule has 0 spiro atoms. The van der Waals surface area contributed by atoms with E-state index in [9.17, 15) is 8.42 Å². The molecule has 0 aliphatic rings. The summed E-state index contributed by atoms with van der Waals surface area (Å²) in [6.07, 6.45) is 4.94. The monoisotopic (exact) mass is 438 g/mol. The van der Waals surface area contributed by atoms with Gasteiger partial charge in [0.25, 0.3) is 10.0 Å². The first-order valence-corrected chi connectivity index (χ1v) is 11.4. The van der Waals surface area contributed by atoms with Crippen molar-refractivity contribution in [1.29, 1.82) is 0 Å². The van der Waals surface area contributed by atoms with Crippen molar-refractivity contribution in [2.45, 2.75) is 4.90 Å². The van der Waals surface area contributed by atoms with Gasteiger partial charge in [0.15, 0.2) is 0 Å².